The Hall–Kier alpha value is 0.390. The van der Waals surface area contributed by atoms with E-state index in [0.29, 0.717) is 6.04 Å². The summed E-state index contributed by atoms with van der Waals surface area (Å²) in [5, 5.41) is 3.46. The maximum Gasteiger partial charge on any atom is 0.107 e. The SMILES string of the molecule is CN(Cc1cc(Br)c(Cl)s1)C1CCCNCC1. The lowest BCUT2D eigenvalue weighted by Gasteiger charge is -2.26. The Bertz CT molecular complexity index is 342. The molecule has 2 nitrogen and oxygen atoms in total. The highest BCUT2D eigenvalue weighted by atomic mass is 79.9. The van der Waals surface area contributed by atoms with Crippen LogP contribution in [0.3, 0.4) is 0 Å². The topological polar surface area (TPSA) is 15.3 Å². The molecular weight excluding hydrogens is 320 g/mol. The zero-order chi connectivity index (χ0) is 12.3. The van der Waals surface area contributed by atoms with Gasteiger partial charge in [0.1, 0.15) is 4.34 Å². The minimum Gasteiger partial charge on any atom is -0.317 e. The zero-order valence-electron chi connectivity index (χ0n) is 10.0. The molecule has 1 unspecified atom stereocenters. The fourth-order valence-corrected chi connectivity index (χ4v) is 4.14. The summed E-state index contributed by atoms with van der Waals surface area (Å²) < 4.78 is 1.88. The first kappa shape index (κ1) is 13.8. The standard InChI is InChI=1S/C12H18BrClN2S/c1-16(9-3-2-5-15-6-4-9)8-10-7-11(13)12(14)17-10/h7,9,15H,2-6,8H2,1H3. The predicted octanol–water partition coefficient (Wildman–Crippen LogP) is 3.74. The molecule has 1 aromatic rings. The van der Waals surface area contributed by atoms with E-state index in [4.69, 9.17) is 11.6 Å². The van der Waals surface area contributed by atoms with Crippen LogP contribution in [-0.2, 0) is 6.54 Å². The van der Waals surface area contributed by atoms with Gasteiger partial charge in [-0.1, -0.05) is 11.6 Å². The molecule has 0 amide bonds. The van der Waals surface area contributed by atoms with Crippen molar-refractivity contribution in [3.63, 3.8) is 0 Å². The molecule has 2 rings (SSSR count). The van der Waals surface area contributed by atoms with Gasteiger partial charge >= 0.3 is 0 Å². The van der Waals surface area contributed by atoms with E-state index in [1.807, 2.05) is 0 Å². The summed E-state index contributed by atoms with van der Waals surface area (Å²) in [7, 11) is 2.22. The second-order valence-corrected chi connectivity index (χ2v) is 7.18. The van der Waals surface area contributed by atoms with Crippen molar-refractivity contribution in [1.82, 2.24) is 10.2 Å². The molecule has 0 bridgehead atoms. The first-order valence-corrected chi connectivity index (χ1v) is 8.00. The Morgan fingerprint density at radius 2 is 2.35 bits per heavy atom. The molecule has 1 aliphatic rings. The first-order valence-electron chi connectivity index (χ1n) is 6.01. The molecule has 2 heterocycles. The maximum absolute atomic E-state index is 6.07. The Kier molecular flexibility index (Phi) is 5.30. The van der Waals surface area contributed by atoms with Crippen LogP contribution in [0.5, 0.6) is 0 Å². The van der Waals surface area contributed by atoms with Crippen LogP contribution in [0.15, 0.2) is 10.5 Å². The van der Waals surface area contributed by atoms with Gasteiger partial charge in [-0.05, 0) is 61.4 Å². The number of thiophene rings is 1. The zero-order valence-corrected chi connectivity index (χ0v) is 13.2. The predicted molar refractivity (Wildman–Crippen MR) is 79.0 cm³/mol. The smallest absolute Gasteiger partial charge is 0.107 e. The minimum atomic E-state index is 0.699. The monoisotopic (exact) mass is 336 g/mol. The largest absolute Gasteiger partial charge is 0.317 e. The molecule has 1 atom stereocenters. The molecular formula is C12H18BrClN2S. The number of nitrogens with one attached hydrogen (secondary N) is 1. The number of nitrogens with zero attached hydrogens (tertiary/aromatic N) is 1. The van der Waals surface area contributed by atoms with Crippen LogP contribution in [0, 0.1) is 0 Å². The Labute approximate surface area is 120 Å². The summed E-state index contributed by atoms with van der Waals surface area (Å²) in [6, 6.07) is 2.84. The van der Waals surface area contributed by atoms with E-state index in [2.05, 4.69) is 39.3 Å². The molecule has 1 aromatic heterocycles. The van der Waals surface area contributed by atoms with E-state index in [-0.39, 0.29) is 0 Å². The van der Waals surface area contributed by atoms with Gasteiger partial charge < -0.3 is 5.32 Å². The lowest BCUT2D eigenvalue weighted by molar-refractivity contribution is 0.218. The van der Waals surface area contributed by atoms with E-state index in [0.717, 1.165) is 21.9 Å². The molecule has 17 heavy (non-hydrogen) atoms. The van der Waals surface area contributed by atoms with Crippen molar-refractivity contribution in [3.05, 3.63) is 19.8 Å². The average Bonchev–Trinajstić information content (AvgIpc) is 2.54. The highest BCUT2D eigenvalue weighted by Crippen LogP contribution is 2.32. The third-order valence-electron chi connectivity index (χ3n) is 3.27. The third-order valence-corrected chi connectivity index (χ3v) is 5.73. The maximum atomic E-state index is 6.07. The molecule has 1 fully saturated rings. The molecule has 0 spiro atoms. The van der Waals surface area contributed by atoms with Crippen LogP contribution in [0.4, 0.5) is 0 Å². The van der Waals surface area contributed by atoms with Crippen molar-refractivity contribution in [3.8, 4) is 0 Å². The van der Waals surface area contributed by atoms with Crippen molar-refractivity contribution >= 4 is 38.9 Å². The van der Waals surface area contributed by atoms with Crippen molar-refractivity contribution in [2.24, 2.45) is 0 Å². The fourth-order valence-electron chi connectivity index (χ4n) is 2.29. The normalized spacial score (nSPS) is 21.8. The minimum absolute atomic E-state index is 0.699. The summed E-state index contributed by atoms with van der Waals surface area (Å²) in [4.78, 5) is 3.79. The van der Waals surface area contributed by atoms with Gasteiger partial charge in [-0.15, -0.1) is 11.3 Å². The quantitative estimate of drug-likeness (QED) is 0.904. The number of hydrogen-bond acceptors (Lipinski definition) is 3. The molecule has 0 aromatic carbocycles. The summed E-state index contributed by atoms with van der Waals surface area (Å²) >= 11 is 11.2. The van der Waals surface area contributed by atoms with Gasteiger partial charge in [0.05, 0.1) is 0 Å². The Morgan fingerprint density at radius 3 is 3.06 bits per heavy atom. The van der Waals surface area contributed by atoms with Gasteiger partial charge in [-0.25, -0.2) is 0 Å². The van der Waals surface area contributed by atoms with Gasteiger partial charge in [-0.3, -0.25) is 4.90 Å². The summed E-state index contributed by atoms with van der Waals surface area (Å²) in [5.74, 6) is 0. The molecule has 1 aliphatic heterocycles. The Morgan fingerprint density at radius 1 is 1.53 bits per heavy atom. The van der Waals surface area contributed by atoms with Gasteiger partial charge in [0.25, 0.3) is 0 Å². The fraction of sp³-hybridized carbons (Fsp3) is 0.667. The number of rotatable bonds is 3. The van der Waals surface area contributed by atoms with Crippen LogP contribution in [0.1, 0.15) is 24.1 Å². The van der Waals surface area contributed by atoms with Crippen LogP contribution >= 0.6 is 38.9 Å². The van der Waals surface area contributed by atoms with Gasteiger partial charge in [-0.2, -0.15) is 0 Å². The lowest BCUT2D eigenvalue weighted by Crippen LogP contribution is -2.31. The van der Waals surface area contributed by atoms with E-state index in [1.165, 1.54) is 30.7 Å². The highest BCUT2D eigenvalue weighted by Gasteiger charge is 2.17. The van der Waals surface area contributed by atoms with Crippen molar-refractivity contribution < 1.29 is 0 Å². The molecule has 1 saturated heterocycles. The molecule has 0 aliphatic carbocycles. The molecule has 5 heteroatoms. The summed E-state index contributed by atoms with van der Waals surface area (Å²) in [6.07, 6.45) is 3.82. The van der Waals surface area contributed by atoms with E-state index in [9.17, 15) is 0 Å². The highest BCUT2D eigenvalue weighted by molar-refractivity contribution is 9.10. The van der Waals surface area contributed by atoms with Gasteiger partial charge in [0.15, 0.2) is 0 Å². The third kappa shape index (κ3) is 3.93. The molecule has 1 N–H and O–H groups in total. The summed E-state index contributed by atoms with van der Waals surface area (Å²) in [5.41, 5.74) is 0. The second-order valence-electron chi connectivity index (χ2n) is 4.58. The number of halogens is 2. The van der Waals surface area contributed by atoms with Crippen LogP contribution in [0.25, 0.3) is 0 Å². The van der Waals surface area contributed by atoms with Crippen LogP contribution < -0.4 is 5.32 Å². The van der Waals surface area contributed by atoms with E-state index >= 15 is 0 Å². The Balaban J connectivity index is 1.93. The van der Waals surface area contributed by atoms with Crippen molar-refractivity contribution in [2.75, 3.05) is 20.1 Å². The summed E-state index contributed by atoms with van der Waals surface area (Å²) in [6.45, 7) is 3.31. The molecule has 0 saturated carbocycles. The van der Waals surface area contributed by atoms with Gasteiger partial charge in [0.2, 0.25) is 0 Å². The first-order chi connectivity index (χ1) is 8.16. The van der Waals surface area contributed by atoms with Gasteiger partial charge in [0, 0.05) is 21.9 Å². The van der Waals surface area contributed by atoms with Crippen LogP contribution in [-0.4, -0.2) is 31.1 Å². The molecule has 96 valence electrons. The lowest BCUT2D eigenvalue weighted by atomic mass is 10.1. The van der Waals surface area contributed by atoms with E-state index < -0.39 is 0 Å². The van der Waals surface area contributed by atoms with Crippen LogP contribution in [0.2, 0.25) is 4.34 Å². The van der Waals surface area contributed by atoms with Crippen molar-refractivity contribution in [1.29, 1.82) is 0 Å². The second kappa shape index (κ2) is 6.53. The van der Waals surface area contributed by atoms with Crippen molar-refractivity contribution in [2.45, 2.75) is 31.8 Å². The molecule has 0 radical (unpaired) electrons. The number of hydrogen-bond donors (Lipinski definition) is 1. The average molecular weight is 338 g/mol. The van der Waals surface area contributed by atoms with E-state index in [1.54, 1.807) is 11.3 Å².